The SMILES string of the molecule is COc1c(C=O)cc(C(C)(C)C)cc1[N+](=O)[O-]. The molecule has 0 aliphatic rings. The average molecular weight is 237 g/mol. The number of nitro benzene ring substituents is 1. The molecule has 0 unspecified atom stereocenters. The van der Waals surface area contributed by atoms with Crippen LogP contribution in [0.1, 0.15) is 36.7 Å². The Bertz CT molecular complexity index is 460. The highest BCUT2D eigenvalue weighted by Gasteiger charge is 2.24. The molecule has 5 nitrogen and oxygen atoms in total. The van der Waals surface area contributed by atoms with Gasteiger partial charge in [-0.1, -0.05) is 20.8 Å². The minimum Gasteiger partial charge on any atom is -0.490 e. The molecule has 0 aliphatic heterocycles. The molecule has 5 heteroatoms. The molecule has 1 rings (SSSR count). The molecule has 0 aliphatic carbocycles. The highest BCUT2D eigenvalue weighted by molar-refractivity contribution is 5.83. The fourth-order valence-electron chi connectivity index (χ4n) is 1.51. The second-order valence-corrected chi connectivity index (χ2v) is 4.74. The second kappa shape index (κ2) is 4.53. The van der Waals surface area contributed by atoms with Gasteiger partial charge < -0.3 is 4.74 Å². The number of carbonyl (C=O) groups excluding carboxylic acids is 1. The third-order valence-electron chi connectivity index (χ3n) is 2.49. The van der Waals surface area contributed by atoms with Gasteiger partial charge in [0.05, 0.1) is 17.6 Å². The van der Waals surface area contributed by atoms with Crippen molar-refractivity contribution in [2.24, 2.45) is 0 Å². The fraction of sp³-hybridized carbons (Fsp3) is 0.417. The van der Waals surface area contributed by atoms with Gasteiger partial charge in [0.2, 0.25) is 5.75 Å². The van der Waals surface area contributed by atoms with E-state index in [1.165, 1.54) is 13.2 Å². The molecule has 0 bridgehead atoms. The summed E-state index contributed by atoms with van der Waals surface area (Å²) in [4.78, 5) is 21.3. The van der Waals surface area contributed by atoms with Gasteiger partial charge in [0, 0.05) is 6.07 Å². The Morgan fingerprint density at radius 3 is 2.29 bits per heavy atom. The van der Waals surface area contributed by atoms with Gasteiger partial charge in [-0.2, -0.15) is 0 Å². The summed E-state index contributed by atoms with van der Waals surface area (Å²) >= 11 is 0. The van der Waals surface area contributed by atoms with Crippen LogP contribution in [0.15, 0.2) is 12.1 Å². The Kier molecular flexibility index (Phi) is 3.50. The average Bonchev–Trinajstić information content (AvgIpc) is 2.25. The number of rotatable bonds is 3. The smallest absolute Gasteiger partial charge is 0.311 e. The molecule has 0 aromatic heterocycles. The van der Waals surface area contributed by atoms with E-state index in [0.717, 1.165) is 5.56 Å². The Morgan fingerprint density at radius 2 is 1.94 bits per heavy atom. The monoisotopic (exact) mass is 237 g/mol. The summed E-state index contributed by atoms with van der Waals surface area (Å²) in [6, 6.07) is 3.07. The number of hydrogen-bond donors (Lipinski definition) is 0. The van der Waals surface area contributed by atoms with Gasteiger partial charge in [0.15, 0.2) is 6.29 Å². The second-order valence-electron chi connectivity index (χ2n) is 4.74. The molecule has 0 amide bonds. The molecule has 92 valence electrons. The number of nitrogens with zero attached hydrogens (tertiary/aromatic N) is 1. The van der Waals surface area contributed by atoms with Crippen LogP contribution >= 0.6 is 0 Å². The molecule has 0 spiro atoms. The van der Waals surface area contributed by atoms with Gasteiger partial charge in [-0.15, -0.1) is 0 Å². The summed E-state index contributed by atoms with van der Waals surface area (Å²) in [6.45, 7) is 5.77. The lowest BCUT2D eigenvalue weighted by atomic mass is 9.85. The molecule has 1 aromatic rings. The van der Waals surface area contributed by atoms with E-state index in [2.05, 4.69) is 0 Å². The molecule has 0 atom stereocenters. The third-order valence-corrected chi connectivity index (χ3v) is 2.49. The van der Waals surface area contributed by atoms with E-state index < -0.39 is 4.92 Å². The van der Waals surface area contributed by atoms with E-state index >= 15 is 0 Å². The van der Waals surface area contributed by atoms with Crippen molar-refractivity contribution in [1.82, 2.24) is 0 Å². The van der Waals surface area contributed by atoms with Gasteiger partial charge in [-0.25, -0.2) is 0 Å². The summed E-state index contributed by atoms with van der Waals surface area (Å²) in [5.74, 6) is 0.0120. The van der Waals surface area contributed by atoms with E-state index in [1.807, 2.05) is 20.8 Å². The van der Waals surface area contributed by atoms with Gasteiger partial charge in [0.1, 0.15) is 0 Å². The molecular weight excluding hydrogens is 222 g/mol. The molecule has 0 saturated heterocycles. The zero-order valence-corrected chi connectivity index (χ0v) is 10.3. The molecule has 17 heavy (non-hydrogen) atoms. The first-order valence-corrected chi connectivity index (χ1v) is 5.13. The van der Waals surface area contributed by atoms with E-state index in [0.29, 0.717) is 6.29 Å². The summed E-state index contributed by atoms with van der Waals surface area (Å²) in [5.41, 5.74) is 0.482. The zero-order valence-electron chi connectivity index (χ0n) is 10.3. The van der Waals surface area contributed by atoms with Crippen LogP contribution in [-0.4, -0.2) is 18.3 Å². The standard InChI is InChI=1S/C12H15NO4/c1-12(2,3)9-5-8(7-14)11(17-4)10(6-9)13(15)16/h5-7H,1-4H3. The third kappa shape index (κ3) is 2.61. The van der Waals surface area contributed by atoms with Gasteiger partial charge in [-0.3, -0.25) is 14.9 Å². The quantitative estimate of drug-likeness (QED) is 0.460. The maximum Gasteiger partial charge on any atom is 0.311 e. The van der Waals surface area contributed by atoms with Crippen LogP contribution in [0.5, 0.6) is 5.75 Å². The number of methoxy groups -OCH3 is 1. The van der Waals surface area contributed by atoms with Crippen LogP contribution in [0.25, 0.3) is 0 Å². The van der Waals surface area contributed by atoms with Crippen molar-refractivity contribution in [2.75, 3.05) is 7.11 Å². The first kappa shape index (κ1) is 13.2. The van der Waals surface area contributed by atoms with Crippen LogP contribution in [-0.2, 0) is 5.41 Å². The van der Waals surface area contributed by atoms with Crippen molar-refractivity contribution in [3.8, 4) is 5.75 Å². The van der Waals surface area contributed by atoms with Crippen LogP contribution < -0.4 is 4.74 Å². The minimum atomic E-state index is -0.541. The summed E-state index contributed by atoms with van der Waals surface area (Å²) < 4.78 is 4.92. The molecule has 0 saturated carbocycles. The molecule has 0 radical (unpaired) electrons. The Hall–Kier alpha value is -1.91. The predicted molar refractivity (Wildman–Crippen MR) is 63.7 cm³/mol. The normalized spacial score (nSPS) is 11.1. The lowest BCUT2D eigenvalue weighted by molar-refractivity contribution is -0.385. The van der Waals surface area contributed by atoms with Crippen LogP contribution in [0, 0.1) is 10.1 Å². The summed E-state index contributed by atoms with van der Waals surface area (Å²) in [5, 5.41) is 10.9. The van der Waals surface area contributed by atoms with E-state index in [4.69, 9.17) is 4.74 Å². The maximum atomic E-state index is 10.9. The minimum absolute atomic E-state index is 0.0120. The number of ether oxygens (including phenoxy) is 1. The lowest BCUT2D eigenvalue weighted by Crippen LogP contribution is -2.12. The summed E-state index contributed by atoms with van der Waals surface area (Å²) in [6.07, 6.45) is 0.571. The van der Waals surface area contributed by atoms with Crippen molar-refractivity contribution in [3.63, 3.8) is 0 Å². The predicted octanol–water partition coefficient (Wildman–Crippen LogP) is 2.71. The highest BCUT2D eigenvalue weighted by atomic mass is 16.6. The van der Waals surface area contributed by atoms with Crippen molar-refractivity contribution in [2.45, 2.75) is 26.2 Å². The summed E-state index contributed by atoms with van der Waals surface area (Å²) in [7, 11) is 1.31. The van der Waals surface area contributed by atoms with E-state index in [-0.39, 0.29) is 22.4 Å². The van der Waals surface area contributed by atoms with Crippen molar-refractivity contribution in [1.29, 1.82) is 0 Å². The first-order chi connectivity index (χ1) is 7.81. The number of hydrogen-bond acceptors (Lipinski definition) is 4. The van der Waals surface area contributed by atoms with Gasteiger partial charge in [-0.05, 0) is 17.0 Å². The number of nitro groups is 1. The number of aldehydes is 1. The van der Waals surface area contributed by atoms with Gasteiger partial charge in [0.25, 0.3) is 0 Å². The van der Waals surface area contributed by atoms with Crippen LogP contribution in [0.3, 0.4) is 0 Å². The van der Waals surface area contributed by atoms with Crippen LogP contribution in [0.4, 0.5) is 5.69 Å². The topological polar surface area (TPSA) is 69.4 Å². The Morgan fingerprint density at radius 1 is 1.35 bits per heavy atom. The molecule has 0 fully saturated rings. The fourth-order valence-corrected chi connectivity index (χ4v) is 1.51. The van der Waals surface area contributed by atoms with Crippen molar-refractivity contribution >= 4 is 12.0 Å². The van der Waals surface area contributed by atoms with Crippen molar-refractivity contribution in [3.05, 3.63) is 33.4 Å². The Balaban J connectivity index is 3.57. The largest absolute Gasteiger partial charge is 0.490 e. The van der Waals surface area contributed by atoms with E-state index in [9.17, 15) is 14.9 Å². The lowest BCUT2D eigenvalue weighted by Gasteiger charge is -2.20. The Labute approximate surface area is 99.5 Å². The first-order valence-electron chi connectivity index (χ1n) is 5.13. The van der Waals surface area contributed by atoms with Crippen LogP contribution in [0.2, 0.25) is 0 Å². The van der Waals surface area contributed by atoms with E-state index in [1.54, 1.807) is 6.07 Å². The maximum absolute atomic E-state index is 10.9. The molecule has 0 N–H and O–H groups in total. The highest BCUT2D eigenvalue weighted by Crippen LogP contribution is 2.35. The van der Waals surface area contributed by atoms with Gasteiger partial charge >= 0.3 is 5.69 Å². The molecular formula is C12H15NO4. The molecule has 1 aromatic carbocycles. The molecule has 0 heterocycles. The number of benzene rings is 1. The van der Waals surface area contributed by atoms with Crippen molar-refractivity contribution < 1.29 is 14.5 Å². The number of carbonyl (C=O) groups is 1. The zero-order chi connectivity index (χ0) is 13.2.